The molecule has 2 aromatic rings. The Kier molecular flexibility index (Phi) is 6.08. The van der Waals surface area contributed by atoms with Crippen LogP contribution in [0, 0.1) is 10.1 Å². The number of halogens is 1. The number of hydrogen-bond donors (Lipinski definition) is 2. The van der Waals surface area contributed by atoms with Gasteiger partial charge in [-0.05, 0) is 18.6 Å². The highest BCUT2D eigenvalue weighted by molar-refractivity contribution is 6.34. The van der Waals surface area contributed by atoms with Crippen LogP contribution in [0.2, 0.25) is 5.02 Å². The summed E-state index contributed by atoms with van der Waals surface area (Å²) >= 11 is 5.91. The molecule has 2 N–H and O–H groups in total. The van der Waals surface area contributed by atoms with Gasteiger partial charge in [-0.25, -0.2) is 0 Å². The van der Waals surface area contributed by atoms with Crippen molar-refractivity contribution in [1.82, 2.24) is 10.6 Å². The Balaban J connectivity index is 1.95. The van der Waals surface area contributed by atoms with E-state index in [-0.39, 0.29) is 22.2 Å². The van der Waals surface area contributed by atoms with Gasteiger partial charge in [0.1, 0.15) is 6.04 Å². The zero-order chi connectivity index (χ0) is 18.4. The van der Waals surface area contributed by atoms with Crippen LogP contribution in [0.15, 0.2) is 48.5 Å². The molecule has 0 aliphatic carbocycles. The van der Waals surface area contributed by atoms with E-state index >= 15 is 0 Å². The van der Waals surface area contributed by atoms with Gasteiger partial charge in [0, 0.05) is 18.7 Å². The van der Waals surface area contributed by atoms with E-state index in [1.54, 1.807) is 0 Å². The summed E-state index contributed by atoms with van der Waals surface area (Å²) in [7, 11) is 0. The smallest absolute Gasteiger partial charge is 0.270 e. The molecule has 0 aliphatic rings. The van der Waals surface area contributed by atoms with Crippen LogP contribution in [0.3, 0.4) is 0 Å². The first-order valence-corrected chi connectivity index (χ1v) is 7.82. The molecule has 8 heteroatoms. The molecule has 130 valence electrons. The van der Waals surface area contributed by atoms with Gasteiger partial charge >= 0.3 is 0 Å². The number of carbonyl (C=O) groups excluding carboxylic acids is 2. The number of amides is 2. The van der Waals surface area contributed by atoms with Crippen LogP contribution in [-0.4, -0.2) is 22.8 Å². The fourth-order valence-corrected chi connectivity index (χ4v) is 2.34. The van der Waals surface area contributed by atoms with E-state index in [9.17, 15) is 19.7 Å². The third kappa shape index (κ3) is 5.02. The summed E-state index contributed by atoms with van der Waals surface area (Å²) in [6.45, 7) is 1.88. The number of rotatable bonds is 6. The van der Waals surface area contributed by atoms with Crippen molar-refractivity contribution in [2.75, 3.05) is 0 Å². The summed E-state index contributed by atoms with van der Waals surface area (Å²) in [6, 6.07) is 12.1. The van der Waals surface area contributed by atoms with Crippen molar-refractivity contribution in [3.05, 3.63) is 74.8 Å². The lowest BCUT2D eigenvalue weighted by Gasteiger charge is -2.14. The molecule has 0 heterocycles. The highest BCUT2D eigenvalue weighted by atomic mass is 35.5. The highest BCUT2D eigenvalue weighted by Crippen LogP contribution is 2.22. The monoisotopic (exact) mass is 361 g/mol. The molecule has 2 rings (SSSR count). The molecule has 0 radical (unpaired) electrons. The fourth-order valence-electron chi connectivity index (χ4n) is 2.08. The minimum Gasteiger partial charge on any atom is -0.350 e. The van der Waals surface area contributed by atoms with E-state index in [1.165, 1.54) is 19.1 Å². The molecule has 0 aliphatic heterocycles. The van der Waals surface area contributed by atoms with Crippen molar-refractivity contribution in [3.63, 3.8) is 0 Å². The Hall–Kier alpha value is -2.93. The number of benzene rings is 2. The molecule has 2 aromatic carbocycles. The van der Waals surface area contributed by atoms with Crippen LogP contribution in [-0.2, 0) is 11.3 Å². The normalized spacial score (nSPS) is 11.4. The quantitative estimate of drug-likeness (QED) is 0.610. The lowest BCUT2D eigenvalue weighted by molar-refractivity contribution is -0.384. The zero-order valence-corrected chi connectivity index (χ0v) is 14.1. The lowest BCUT2D eigenvalue weighted by Crippen LogP contribution is -2.44. The van der Waals surface area contributed by atoms with E-state index in [0.29, 0.717) is 6.54 Å². The van der Waals surface area contributed by atoms with Gasteiger partial charge in [0.25, 0.3) is 11.6 Å². The number of nitro benzene ring substituents is 1. The predicted molar refractivity (Wildman–Crippen MR) is 93.3 cm³/mol. The fraction of sp³-hybridized carbons (Fsp3) is 0.176. The van der Waals surface area contributed by atoms with E-state index in [0.717, 1.165) is 11.6 Å². The summed E-state index contributed by atoms with van der Waals surface area (Å²) in [4.78, 5) is 34.3. The molecule has 0 fully saturated rings. The Labute approximate surface area is 149 Å². The van der Waals surface area contributed by atoms with Crippen LogP contribution in [0.5, 0.6) is 0 Å². The largest absolute Gasteiger partial charge is 0.350 e. The maximum atomic E-state index is 12.2. The third-order valence-electron chi connectivity index (χ3n) is 3.46. The third-order valence-corrected chi connectivity index (χ3v) is 3.77. The Morgan fingerprint density at radius 3 is 2.48 bits per heavy atom. The lowest BCUT2D eigenvalue weighted by atomic mass is 10.1. The van der Waals surface area contributed by atoms with Crippen molar-refractivity contribution in [1.29, 1.82) is 0 Å². The summed E-state index contributed by atoms with van der Waals surface area (Å²) in [5, 5.41) is 15.9. The first-order valence-electron chi connectivity index (χ1n) is 7.45. The van der Waals surface area contributed by atoms with Crippen molar-refractivity contribution in [3.8, 4) is 0 Å². The van der Waals surface area contributed by atoms with Crippen LogP contribution in [0.4, 0.5) is 5.69 Å². The molecule has 0 aromatic heterocycles. The molecule has 25 heavy (non-hydrogen) atoms. The van der Waals surface area contributed by atoms with Gasteiger partial charge in [-0.15, -0.1) is 0 Å². The van der Waals surface area contributed by atoms with E-state index in [2.05, 4.69) is 10.6 Å². The summed E-state index contributed by atoms with van der Waals surface area (Å²) in [5.41, 5.74) is 0.790. The van der Waals surface area contributed by atoms with Crippen LogP contribution < -0.4 is 10.6 Å². The second-order valence-electron chi connectivity index (χ2n) is 5.32. The summed E-state index contributed by atoms with van der Waals surface area (Å²) in [6.07, 6.45) is 0. The molecular weight excluding hydrogens is 346 g/mol. The Morgan fingerprint density at radius 1 is 1.20 bits per heavy atom. The number of nitrogens with zero attached hydrogens (tertiary/aromatic N) is 1. The van der Waals surface area contributed by atoms with Gasteiger partial charge in [0.15, 0.2) is 0 Å². The Morgan fingerprint density at radius 2 is 1.88 bits per heavy atom. The maximum absolute atomic E-state index is 12.2. The van der Waals surface area contributed by atoms with Crippen molar-refractivity contribution in [2.24, 2.45) is 0 Å². The number of carbonyl (C=O) groups is 2. The molecule has 1 unspecified atom stereocenters. The number of nitrogens with one attached hydrogen (secondary N) is 2. The molecule has 2 amide bonds. The molecule has 0 bridgehead atoms. The Bertz CT molecular complexity index is 796. The second kappa shape index (κ2) is 8.25. The summed E-state index contributed by atoms with van der Waals surface area (Å²) < 4.78 is 0. The highest BCUT2D eigenvalue weighted by Gasteiger charge is 2.19. The number of hydrogen-bond acceptors (Lipinski definition) is 4. The van der Waals surface area contributed by atoms with Crippen LogP contribution in [0.1, 0.15) is 22.8 Å². The molecule has 0 saturated heterocycles. The minimum absolute atomic E-state index is 0.0522. The first-order chi connectivity index (χ1) is 11.9. The van der Waals surface area contributed by atoms with Gasteiger partial charge in [-0.3, -0.25) is 19.7 Å². The molecule has 7 nitrogen and oxygen atoms in total. The number of nitro groups is 1. The SMILES string of the molecule is CC(NC(=O)c1ccc([N+](=O)[O-])cc1Cl)C(=O)NCc1ccccc1. The standard InChI is InChI=1S/C17H16ClN3O4/c1-11(16(22)19-10-12-5-3-2-4-6-12)20-17(23)14-8-7-13(21(24)25)9-15(14)18/h2-9,11H,10H2,1H3,(H,19,22)(H,20,23). The average molecular weight is 362 g/mol. The molecule has 0 spiro atoms. The predicted octanol–water partition coefficient (Wildman–Crippen LogP) is 2.68. The van der Waals surface area contributed by atoms with Crippen molar-refractivity contribution < 1.29 is 14.5 Å². The van der Waals surface area contributed by atoms with Crippen LogP contribution >= 0.6 is 11.6 Å². The first kappa shape index (κ1) is 18.4. The van der Waals surface area contributed by atoms with Gasteiger partial charge in [-0.1, -0.05) is 41.9 Å². The van der Waals surface area contributed by atoms with E-state index in [4.69, 9.17) is 11.6 Å². The van der Waals surface area contributed by atoms with Gasteiger partial charge in [-0.2, -0.15) is 0 Å². The maximum Gasteiger partial charge on any atom is 0.270 e. The van der Waals surface area contributed by atoms with Crippen molar-refractivity contribution >= 4 is 29.1 Å². The number of non-ortho nitro benzene ring substituents is 1. The summed E-state index contributed by atoms with van der Waals surface area (Å²) in [5.74, 6) is -0.933. The topological polar surface area (TPSA) is 101 Å². The minimum atomic E-state index is -0.789. The van der Waals surface area contributed by atoms with E-state index in [1.807, 2.05) is 30.3 Å². The average Bonchev–Trinajstić information content (AvgIpc) is 2.60. The molecular formula is C17H16ClN3O4. The van der Waals surface area contributed by atoms with E-state index < -0.39 is 16.9 Å². The van der Waals surface area contributed by atoms with Crippen LogP contribution in [0.25, 0.3) is 0 Å². The molecule has 1 atom stereocenters. The van der Waals surface area contributed by atoms with Gasteiger partial charge < -0.3 is 10.6 Å². The van der Waals surface area contributed by atoms with Gasteiger partial charge in [0.2, 0.25) is 5.91 Å². The van der Waals surface area contributed by atoms with Gasteiger partial charge in [0.05, 0.1) is 15.5 Å². The second-order valence-corrected chi connectivity index (χ2v) is 5.73. The van der Waals surface area contributed by atoms with Crippen molar-refractivity contribution in [2.45, 2.75) is 19.5 Å². The molecule has 0 saturated carbocycles. The zero-order valence-electron chi connectivity index (χ0n) is 13.4.